The smallest absolute Gasteiger partial charge is 0.245 e. The highest BCUT2D eigenvalue weighted by Gasteiger charge is 2.38. The van der Waals surface area contributed by atoms with Crippen LogP contribution >= 0.6 is 0 Å². The molecule has 0 radical (unpaired) electrons. The molecule has 1 aliphatic carbocycles. The van der Waals surface area contributed by atoms with Crippen molar-refractivity contribution in [3.8, 4) is 0 Å². The molecule has 428 valence electrons. The van der Waals surface area contributed by atoms with Crippen molar-refractivity contribution in [1.82, 2.24) is 53.2 Å². The van der Waals surface area contributed by atoms with E-state index in [1.54, 1.807) is 13.8 Å². The number of aliphatic hydroxyl groups excluding tert-OH is 3. The lowest BCUT2D eigenvalue weighted by molar-refractivity contribution is -0.137. The van der Waals surface area contributed by atoms with E-state index in [1.165, 1.54) is 20.8 Å². The zero-order valence-electron chi connectivity index (χ0n) is 44.0. The van der Waals surface area contributed by atoms with Crippen molar-refractivity contribution >= 4 is 59.1 Å². The first-order chi connectivity index (χ1) is 35.4. The van der Waals surface area contributed by atoms with E-state index in [2.05, 4.69) is 53.2 Å². The van der Waals surface area contributed by atoms with Gasteiger partial charge in [-0.3, -0.25) is 47.9 Å². The number of nitrogens with two attached hydrogens (primary N) is 5. The van der Waals surface area contributed by atoms with Gasteiger partial charge in [0.2, 0.25) is 59.1 Å². The van der Waals surface area contributed by atoms with Gasteiger partial charge < -0.3 is 97.2 Å². The van der Waals surface area contributed by atoms with Gasteiger partial charge in [0, 0.05) is 19.0 Å². The number of amides is 10. The molecule has 10 amide bonds. The van der Waals surface area contributed by atoms with Crippen molar-refractivity contribution < 1.29 is 63.3 Å². The van der Waals surface area contributed by atoms with Gasteiger partial charge >= 0.3 is 0 Å². The minimum Gasteiger partial charge on any atom is -0.391 e. The van der Waals surface area contributed by atoms with Crippen LogP contribution in [0.3, 0.4) is 0 Å². The van der Waals surface area contributed by atoms with Crippen LogP contribution in [0.25, 0.3) is 0 Å². The first kappa shape index (κ1) is 65.5. The summed E-state index contributed by atoms with van der Waals surface area (Å²) in [6, 6.07) is -14.3. The molecule has 1 saturated carbocycles. The van der Waals surface area contributed by atoms with Crippen molar-refractivity contribution in [2.24, 2.45) is 40.5 Å². The van der Waals surface area contributed by atoms with Gasteiger partial charge in [0.1, 0.15) is 54.4 Å². The number of carbonyl (C=O) groups is 10. The molecule has 13 atom stereocenters. The van der Waals surface area contributed by atoms with Gasteiger partial charge in [-0.05, 0) is 110 Å². The van der Waals surface area contributed by atoms with E-state index in [1.807, 2.05) is 0 Å². The van der Waals surface area contributed by atoms with Crippen LogP contribution < -0.4 is 81.8 Å². The molecule has 0 aromatic heterocycles. The molecule has 1 saturated heterocycles. The van der Waals surface area contributed by atoms with Crippen LogP contribution in [0.15, 0.2) is 0 Å². The summed E-state index contributed by atoms with van der Waals surface area (Å²) in [6.45, 7) is 5.99. The van der Waals surface area contributed by atoms with Gasteiger partial charge in [0.15, 0.2) is 0 Å². The Morgan fingerprint density at radius 2 is 1.04 bits per heavy atom. The molecule has 0 aromatic rings. The lowest BCUT2D eigenvalue weighted by atomic mass is 9.83. The Kier molecular flexibility index (Phi) is 29.2. The van der Waals surface area contributed by atoms with E-state index >= 15 is 0 Å². The van der Waals surface area contributed by atoms with Gasteiger partial charge in [-0.25, -0.2) is 0 Å². The van der Waals surface area contributed by atoms with Crippen molar-refractivity contribution in [3.05, 3.63) is 0 Å². The van der Waals surface area contributed by atoms with Crippen molar-refractivity contribution in [1.29, 1.82) is 0 Å². The molecule has 75 heavy (non-hydrogen) atoms. The van der Waals surface area contributed by atoms with Crippen molar-refractivity contribution in [2.75, 3.05) is 32.7 Å². The fourth-order valence-electron chi connectivity index (χ4n) is 8.67. The van der Waals surface area contributed by atoms with Gasteiger partial charge in [-0.15, -0.1) is 0 Å². The average molecular weight is 1070 g/mol. The molecular formula is C47H87N15O13. The fraction of sp³-hybridized carbons (Fsp3) is 0.787. The summed E-state index contributed by atoms with van der Waals surface area (Å²) < 4.78 is 0. The summed E-state index contributed by atoms with van der Waals surface area (Å²) in [4.78, 5) is 138. The maximum absolute atomic E-state index is 14.3. The number of hydrogen-bond acceptors (Lipinski definition) is 18. The van der Waals surface area contributed by atoms with Crippen LogP contribution in [-0.2, 0) is 47.9 Å². The van der Waals surface area contributed by atoms with Gasteiger partial charge in [0.25, 0.3) is 0 Å². The predicted octanol–water partition coefficient (Wildman–Crippen LogP) is -7.25. The SMILES string of the molecule is CC(C)C[C@H]1NC(=O)[C@H](CCN)NC(=O)[C@@H](NC(=O)[C@H](CCN)NC(=O)[C@@H](NC(=O)CC(N)C2CCCCC2)C(C)O)CCNC(=O)[C@H](C(C)O)NC(=O)[C@H](CCN)NC(=O)[C@H](CCN)NC(=O)[C@H](C(C)O)NC1=O. The van der Waals surface area contributed by atoms with Gasteiger partial charge in [-0.1, -0.05) is 33.1 Å². The fourth-order valence-corrected chi connectivity index (χ4v) is 8.67. The Hall–Kier alpha value is -5.62. The Bertz CT molecular complexity index is 1910. The summed E-state index contributed by atoms with van der Waals surface area (Å²) >= 11 is 0. The summed E-state index contributed by atoms with van der Waals surface area (Å²) in [6.07, 6.45) is -1.23. The molecule has 2 fully saturated rings. The van der Waals surface area contributed by atoms with Crippen LogP contribution in [0.1, 0.15) is 112 Å². The van der Waals surface area contributed by atoms with E-state index < -0.39 is 151 Å². The Balaban J connectivity index is 2.61. The number of carbonyl (C=O) groups excluding carboxylic acids is 10. The third-order valence-corrected chi connectivity index (χ3v) is 12.9. The first-order valence-corrected chi connectivity index (χ1v) is 26.0. The lowest BCUT2D eigenvalue weighted by Crippen LogP contribution is -2.62. The first-order valence-electron chi connectivity index (χ1n) is 26.0. The summed E-state index contributed by atoms with van der Waals surface area (Å²) in [5, 5.41) is 56.8. The summed E-state index contributed by atoms with van der Waals surface area (Å²) in [7, 11) is 0. The van der Waals surface area contributed by atoms with E-state index in [9.17, 15) is 63.3 Å². The maximum Gasteiger partial charge on any atom is 0.245 e. The Morgan fingerprint density at radius 3 is 1.52 bits per heavy atom. The topological polar surface area (TPSA) is 482 Å². The molecule has 0 aromatic carbocycles. The number of nitrogens with one attached hydrogen (secondary N) is 10. The minimum atomic E-state index is -1.71. The van der Waals surface area contributed by atoms with Gasteiger partial charge in [0.05, 0.1) is 18.3 Å². The van der Waals surface area contributed by atoms with E-state index in [0.717, 1.165) is 32.1 Å². The second-order valence-corrected chi connectivity index (χ2v) is 19.9. The van der Waals surface area contributed by atoms with E-state index in [4.69, 9.17) is 28.7 Å². The predicted molar refractivity (Wildman–Crippen MR) is 273 cm³/mol. The highest BCUT2D eigenvalue weighted by atomic mass is 16.3. The maximum atomic E-state index is 14.3. The highest BCUT2D eigenvalue weighted by molar-refractivity contribution is 5.99. The molecule has 0 spiro atoms. The molecule has 1 heterocycles. The quantitative estimate of drug-likeness (QED) is 0.0508. The zero-order valence-corrected chi connectivity index (χ0v) is 44.0. The lowest BCUT2D eigenvalue weighted by Gasteiger charge is -2.29. The third-order valence-electron chi connectivity index (χ3n) is 12.9. The monoisotopic (exact) mass is 1070 g/mol. The number of rotatable bonds is 21. The number of aliphatic hydroxyl groups is 3. The van der Waals surface area contributed by atoms with Gasteiger partial charge in [-0.2, -0.15) is 0 Å². The second-order valence-electron chi connectivity index (χ2n) is 19.9. The summed E-state index contributed by atoms with van der Waals surface area (Å²) in [5.74, 6) is -9.51. The Labute approximate surface area is 438 Å². The molecule has 2 aliphatic rings. The molecule has 1 aliphatic heterocycles. The summed E-state index contributed by atoms with van der Waals surface area (Å²) in [5.41, 5.74) is 29.6. The van der Waals surface area contributed by atoms with Crippen molar-refractivity contribution in [2.45, 2.75) is 190 Å². The second kappa shape index (κ2) is 33.4. The molecule has 2 rings (SSSR count). The highest BCUT2D eigenvalue weighted by Crippen LogP contribution is 2.26. The van der Waals surface area contributed by atoms with Crippen LogP contribution in [0, 0.1) is 11.8 Å². The van der Waals surface area contributed by atoms with Crippen LogP contribution in [0.5, 0.6) is 0 Å². The molecular weight excluding hydrogens is 983 g/mol. The third kappa shape index (κ3) is 22.2. The van der Waals surface area contributed by atoms with Crippen LogP contribution in [-0.4, -0.2) is 186 Å². The number of hydrogen-bond donors (Lipinski definition) is 18. The van der Waals surface area contributed by atoms with Crippen LogP contribution in [0.2, 0.25) is 0 Å². The molecule has 28 heteroatoms. The van der Waals surface area contributed by atoms with Crippen molar-refractivity contribution in [3.63, 3.8) is 0 Å². The normalized spacial score (nSPS) is 26.0. The minimum absolute atomic E-state index is 0.0223. The Morgan fingerprint density at radius 1 is 0.573 bits per heavy atom. The van der Waals surface area contributed by atoms with E-state index in [0.29, 0.717) is 0 Å². The standard InChI is InChI=1S/C47H87N15O13/c1-23(2)21-34-44(72)62-38(26(5)65)47(75)58-30(12-17-49)39(67)55-32(14-19-51)43(71)61-36(24(3)63)45(73)53-20-15-33(42(70)54-29(11-16-48)41(69)59-34)56-40(68)31(13-18-50)57-46(74)37(25(4)64)60-35(66)22-28(52)27-9-7-6-8-10-27/h23-34,36-38,63-65H,6-22,48-52H2,1-5H3,(H,53,73)(H,54,70)(H,55,67)(H,56,68)(H,57,74)(H,58,75)(H,59,69)(H,60,66)(H,61,71)(H,62,72)/t24?,25?,26?,28?,29-,30-,31-,32-,33-,34+,36-,37-,38-/m0/s1. The molecule has 0 bridgehead atoms. The van der Waals surface area contributed by atoms with E-state index in [-0.39, 0.29) is 76.5 Å². The molecule has 23 N–H and O–H groups in total. The average Bonchev–Trinajstić information content (AvgIpc) is 3.34. The zero-order chi connectivity index (χ0) is 56.5. The van der Waals surface area contributed by atoms with Crippen LogP contribution in [0.4, 0.5) is 0 Å². The largest absolute Gasteiger partial charge is 0.391 e. The molecule has 28 nitrogen and oxygen atoms in total. The molecule has 4 unspecified atom stereocenters.